The molecule has 0 N–H and O–H groups in total. The van der Waals surface area contributed by atoms with Gasteiger partial charge in [-0.2, -0.15) is 18.3 Å². The molecule has 0 fully saturated rings. The van der Waals surface area contributed by atoms with Gasteiger partial charge in [-0.3, -0.25) is 0 Å². The fraction of sp³-hybridized carbons (Fsp3) is 0.182. The fourth-order valence-electron chi connectivity index (χ4n) is 1.50. The smallest absolute Gasteiger partial charge is 0.236 e. The Morgan fingerprint density at radius 1 is 1.22 bits per heavy atom. The summed E-state index contributed by atoms with van der Waals surface area (Å²) in [6.07, 6.45) is -4.43. The van der Waals surface area contributed by atoms with Crippen LogP contribution in [0, 0.1) is 10.5 Å². The van der Waals surface area contributed by atoms with E-state index in [2.05, 4.69) is 21.0 Å². The molecule has 0 saturated heterocycles. The number of alkyl halides is 3. The number of hydrogen-bond acceptors (Lipinski definition) is 1. The molecule has 96 valence electrons. The lowest BCUT2D eigenvalue weighted by Gasteiger charge is -2.04. The number of halogens is 5. The summed E-state index contributed by atoms with van der Waals surface area (Å²) in [4.78, 5) is 0. The van der Waals surface area contributed by atoms with Crippen LogP contribution in [-0.4, -0.2) is 9.78 Å². The van der Waals surface area contributed by atoms with Gasteiger partial charge in [-0.25, -0.2) is 4.68 Å². The molecule has 0 radical (unpaired) electrons. The number of benzene rings is 1. The second kappa shape index (κ2) is 4.84. The lowest BCUT2D eigenvalue weighted by molar-refractivity contribution is -0.142. The second-order valence-corrected chi connectivity index (χ2v) is 5.63. The van der Waals surface area contributed by atoms with E-state index in [0.717, 1.165) is 4.47 Å². The Balaban J connectivity index is 2.56. The monoisotopic (exact) mass is 430 g/mol. The summed E-state index contributed by atoms with van der Waals surface area (Å²) < 4.78 is 40.5. The van der Waals surface area contributed by atoms with E-state index in [0.29, 0.717) is 11.4 Å². The topological polar surface area (TPSA) is 17.8 Å². The Morgan fingerprint density at radius 2 is 1.78 bits per heavy atom. The predicted octanol–water partition coefficient (Wildman–Crippen LogP) is 4.57. The molecule has 2 aromatic rings. The number of nitrogens with zero attached hydrogens (tertiary/aromatic N) is 2. The second-order valence-electron chi connectivity index (χ2n) is 3.63. The summed E-state index contributed by atoms with van der Waals surface area (Å²) in [6, 6.07) is 6.94. The molecule has 18 heavy (non-hydrogen) atoms. The maximum absolute atomic E-state index is 12.7. The molecule has 1 aromatic carbocycles. The minimum absolute atomic E-state index is 0.128. The first-order chi connectivity index (χ1) is 8.30. The van der Waals surface area contributed by atoms with Crippen LogP contribution in [0.4, 0.5) is 13.2 Å². The minimum atomic E-state index is -4.43. The van der Waals surface area contributed by atoms with Gasteiger partial charge in [0.15, 0.2) is 5.69 Å². The van der Waals surface area contributed by atoms with Crippen LogP contribution in [0.25, 0.3) is 5.69 Å². The third-order valence-electron chi connectivity index (χ3n) is 2.38. The van der Waals surface area contributed by atoms with E-state index in [9.17, 15) is 13.2 Å². The van der Waals surface area contributed by atoms with Crippen molar-refractivity contribution in [1.29, 1.82) is 0 Å². The van der Waals surface area contributed by atoms with E-state index in [1.165, 1.54) is 4.68 Å². The maximum Gasteiger partial charge on any atom is 0.436 e. The van der Waals surface area contributed by atoms with E-state index in [4.69, 9.17) is 0 Å². The van der Waals surface area contributed by atoms with Crippen LogP contribution in [0.15, 0.2) is 28.7 Å². The van der Waals surface area contributed by atoms with E-state index in [-0.39, 0.29) is 3.57 Å². The molecule has 1 heterocycles. The van der Waals surface area contributed by atoms with Crippen molar-refractivity contribution in [2.24, 2.45) is 0 Å². The van der Waals surface area contributed by atoms with Gasteiger partial charge in [0, 0.05) is 4.47 Å². The van der Waals surface area contributed by atoms with E-state index >= 15 is 0 Å². The van der Waals surface area contributed by atoms with E-state index in [1.54, 1.807) is 53.8 Å². The first kappa shape index (κ1) is 13.9. The van der Waals surface area contributed by atoms with Crippen molar-refractivity contribution >= 4 is 38.5 Å². The number of rotatable bonds is 1. The summed E-state index contributed by atoms with van der Waals surface area (Å²) in [5, 5.41) is 3.65. The van der Waals surface area contributed by atoms with Crippen LogP contribution in [-0.2, 0) is 6.18 Å². The zero-order chi connectivity index (χ0) is 13.5. The molecule has 0 bridgehead atoms. The average molecular weight is 431 g/mol. The standard InChI is InChI=1S/C11H7BrF3IN2/c1-6-9(16)10(11(13,14)15)17-18(6)8-4-2-7(12)3-5-8/h2-5H,1H3. The van der Waals surface area contributed by atoms with Gasteiger partial charge < -0.3 is 0 Å². The zero-order valence-corrected chi connectivity index (χ0v) is 12.8. The van der Waals surface area contributed by atoms with Gasteiger partial charge in [-0.05, 0) is 53.8 Å². The molecule has 0 unspecified atom stereocenters. The SMILES string of the molecule is Cc1c(I)c(C(F)(F)F)nn1-c1ccc(Br)cc1. The quantitative estimate of drug-likeness (QED) is 0.606. The highest BCUT2D eigenvalue weighted by Crippen LogP contribution is 2.34. The molecular formula is C11H7BrF3IN2. The largest absolute Gasteiger partial charge is 0.436 e. The van der Waals surface area contributed by atoms with E-state index in [1.807, 2.05) is 0 Å². The average Bonchev–Trinajstić information content (AvgIpc) is 2.57. The van der Waals surface area contributed by atoms with Crippen molar-refractivity contribution < 1.29 is 13.2 Å². The third kappa shape index (κ3) is 2.56. The molecule has 2 rings (SSSR count). The summed E-state index contributed by atoms with van der Waals surface area (Å²) in [6.45, 7) is 1.62. The molecule has 0 saturated carbocycles. The van der Waals surface area contributed by atoms with Gasteiger partial charge >= 0.3 is 6.18 Å². The lowest BCUT2D eigenvalue weighted by atomic mass is 10.3. The number of hydrogen-bond donors (Lipinski definition) is 0. The first-order valence-corrected chi connectivity index (χ1v) is 6.76. The molecule has 0 aliphatic heterocycles. The van der Waals surface area contributed by atoms with E-state index < -0.39 is 11.9 Å². The van der Waals surface area contributed by atoms with Crippen LogP contribution in [0.2, 0.25) is 0 Å². The molecule has 7 heteroatoms. The van der Waals surface area contributed by atoms with Crippen LogP contribution in [0.1, 0.15) is 11.4 Å². The van der Waals surface area contributed by atoms with Gasteiger partial charge in [-0.1, -0.05) is 15.9 Å². The van der Waals surface area contributed by atoms with Crippen molar-refractivity contribution in [2.45, 2.75) is 13.1 Å². The molecule has 1 aromatic heterocycles. The molecule has 0 atom stereocenters. The van der Waals surface area contributed by atoms with Crippen molar-refractivity contribution in [3.63, 3.8) is 0 Å². The maximum atomic E-state index is 12.7. The van der Waals surface area contributed by atoms with Crippen LogP contribution in [0.5, 0.6) is 0 Å². The summed E-state index contributed by atoms with van der Waals surface area (Å²) in [5.41, 5.74) is 0.234. The highest BCUT2D eigenvalue weighted by molar-refractivity contribution is 14.1. The Bertz CT molecular complexity index is 575. The zero-order valence-electron chi connectivity index (χ0n) is 9.09. The van der Waals surface area contributed by atoms with Crippen LogP contribution >= 0.6 is 38.5 Å². The summed E-state index contributed by atoms with van der Waals surface area (Å²) >= 11 is 4.95. The first-order valence-electron chi connectivity index (χ1n) is 4.89. The Morgan fingerprint density at radius 3 is 2.22 bits per heavy atom. The molecule has 2 nitrogen and oxygen atoms in total. The molecular weight excluding hydrogens is 424 g/mol. The summed E-state index contributed by atoms with van der Waals surface area (Å²) in [7, 11) is 0. The van der Waals surface area contributed by atoms with Gasteiger partial charge in [-0.15, -0.1) is 0 Å². The van der Waals surface area contributed by atoms with Crippen molar-refractivity contribution in [1.82, 2.24) is 9.78 Å². The van der Waals surface area contributed by atoms with Gasteiger partial charge in [0.1, 0.15) is 0 Å². The van der Waals surface area contributed by atoms with Gasteiger partial charge in [0.2, 0.25) is 0 Å². The number of aromatic nitrogens is 2. The Hall–Kier alpha value is -0.570. The van der Waals surface area contributed by atoms with Crippen LogP contribution < -0.4 is 0 Å². The highest BCUT2D eigenvalue weighted by atomic mass is 127. The minimum Gasteiger partial charge on any atom is -0.236 e. The Labute approximate surface area is 123 Å². The Kier molecular flexibility index (Phi) is 3.72. The fourth-order valence-corrected chi connectivity index (χ4v) is 2.40. The lowest BCUT2D eigenvalue weighted by Crippen LogP contribution is -2.08. The van der Waals surface area contributed by atoms with Gasteiger partial charge in [0.25, 0.3) is 0 Å². The normalized spacial score (nSPS) is 11.9. The molecule has 0 amide bonds. The summed E-state index contributed by atoms with van der Waals surface area (Å²) in [5.74, 6) is 0. The van der Waals surface area contributed by atoms with Gasteiger partial charge in [0.05, 0.1) is 15.0 Å². The predicted molar refractivity (Wildman–Crippen MR) is 73.7 cm³/mol. The van der Waals surface area contributed by atoms with Crippen molar-refractivity contribution in [3.8, 4) is 5.69 Å². The molecule has 0 spiro atoms. The third-order valence-corrected chi connectivity index (χ3v) is 4.20. The molecule has 0 aliphatic rings. The highest BCUT2D eigenvalue weighted by Gasteiger charge is 2.38. The van der Waals surface area contributed by atoms with Crippen LogP contribution in [0.3, 0.4) is 0 Å². The van der Waals surface area contributed by atoms with Crippen molar-refractivity contribution in [2.75, 3.05) is 0 Å². The molecule has 0 aliphatic carbocycles. The van der Waals surface area contributed by atoms with Crippen molar-refractivity contribution in [3.05, 3.63) is 43.7 Å².